The molecule has 7 nitrogen and oxygen atoms in total. The van der Waals surface area contributed by atoms with E-state index in [1.165, 1.54) is 12.5 Å². The highest BCUT2D eigenvalue weighted by molar-refractivity contribution is 5.89. The van der Waals surface area contributed by atoms with E-state index in [0.717, 1.165) is 11.1 Å². The molecule has 2 aromatic rings. The summed E-state index contributed by atoms with van der Waals surface area (Å²) >= 11 is 0. The Bertz CT molecular complexity index is 684. The lowest BCUT2D eigenvalue weighted by Crippen LogP contribution is -2.30. The van der Waals surface area contributed by atoms with Crippen LogP contribution in [-0.2, 0) is 9.47 Å². The Labute approximate surface area is 138 Å². The summed E-state index contributed by atoms with van der Waals surface area (Å²) < 4.78 is 20.0. The number of rotatable bonds is 2. The monoisotopic (exact) mass is 331 g/mol. The van der Waals surface area contributed by atoms with Gasteiger partial charge in [-0.25, -0.2) is 0 Å². The molecule has 0 aliphatic carbocycles. The van der Waals surface area contributed by atoms with Crippen LogP contribution in [0.15, 0.2) is 46.0 Å². The Morgan fingerprint density at radius 3 is 2.17 bits per heavy atom. The molecule has 4 atom stereocenters. The van der Waals surface area contributed by atoms with E-state index < -0.39 is 12.2 Å². The molecule has 0 amide bonds. The number of aliphatic hydroxyl groups excluding tert-OH is 2. The molecule has 0 bridgehead atoms. The Hall–Kier alpha value is -2.37. The fraction of sp³-hybridized carbons (Fsp3) is 0.353. The molecule has 126 valence electrons. The van der Waals surface area contributed by atoms with Gasteiger partial charge in [-0.1, -0.05) is 0 Å². The van der Waals surface area contributed by atoms with Gasteiger partial charge in [-0.3, -0.25) is 0 Å². The first-order chi connectivity index (χ1) is 11.7. The van der Waals surface area contributed by atoms with Gasteiger partial charge in [0, 0.05) is 11.1 Å². The van der Waals surface area contributed by atoms with Crippen molar-refractivity contribution in [1.29, 1.82) is 5.26 Å². The van der Waals surface area contributed by atoms with Crippen molar-refractivity contribution in [2.75, 3.05) is 13.2 Å². The Balaban J connectivity index is 0.000000149. The first-order valence-corrected chi connectivity index (χ1v) is 7.45. The SMILES string of the molecule is N#C/C(=C\c1ccoc1)c1ccoc1.O[C@@H]1CO[C@H]2[C@@H]1OC[C@@H]2O. The summed E-state index contributed by atoms with van der Waals surface area (Å²) in [5.41, 5.74) is 2.19. The molecular formula is C17H17NO6. The standard InChI is InChI=1S/C11H7NO2.C6H10O4/c12-6-11(10-2-4-14-8-10)5-9-1-3-13-7-9;7-3-1-9-6-4(8)2-10-5(3)6/h1-5,7-8H;3-8H,1-2H2/b11-5+;/t;3-,4+,5-,6-/m.1/s1. The number of nitriles is 1. The second-order valence-corrected chi connectivity index (χ2v) is 5.47. The van der Waals surface area contributed by atoms with E-state index in [9.17, 15) is 0 Å². The van der Waals surface area contributed by atoms with Crippen LogP contribution in [-0.4, -0.2) is 47.8 Å². The molecule has 7 heteroatoms. The van der Waals surface area contributed by atoms with Crippen LogP contribution < -0.4 is 0 Å². The molecule has 2 saturated heterocycles. The van der Waals surface area contributed by atoms with E-state index in [2.05, 4.69) is 6.07 Å². The van der Waals surface area contributed by atoms with E-state index >= 15 is 0 Å². The minimum Gasteiger partial charge on any atom is -0.472 e. The third kappa shape index (κ3) is 3.58. The van der Waals surface area contributed by atoms with Crippen LogP contribution in [0.1, 0.15) is 11.1 Å². The number of hydrogen-bond donors (Lipinski definition) is 2. The van der Waals surface area contributed by atoms with Crippen molar-refractivity contribution in [3.8, 4) is 6.07 Å². The molecule has 0 aromatic carbocycles. The third-order valence-corrected chi connectivity index (χ3v) is 3.81. The molecule has 2 aliphatic heterocycles. The lowest BCUT2D eigenvalue weighted by molar-refractivity contribution is 0.00205. The van der Waals surface area contributed by atoms with Crippen molar-refractivity contribution in [2.45, 2.75) is 24.4 Å². The maximum Gasteiger partial charge on any atom is 0.114 e. The zero-order chi connectivity index (χ0) is 16.9. The lowest BCUT2D eigenvalue weighted by atomic mass is 10.1. The fourth-order valence-corrected chi connectivity index (χ4v) is 2.58. The Morgan fingerprint density at radius 2 is 1.67 bits per heavy atom. The van der Waals surface area contributed by atoms with Crippen LogP contribution in [0.2, 0.25) is 0 Å². The van der Waals surface area contributed by atoms with E-state index in [1.54, 1.807) is 30.7 Å². The summed E-state index contributed by atoms with van der Waals surface area (Å²) in [5, 5.41) is 27.2. The van der Waals surface area contributed by atoms with Gasteiger partial charge >= 0.3 is 0 Å². The average molecular weight is 331 g/mol. The van der Waals surface area contributed by atoms with Gasteiger partial charge in [0.1, 0.15) is 24.4 Å². The normalized spacial score (nSPS) is 28.8. The second-order valence-electron chi connectivity index (χ2n) is 5.47. The second kappa shape index (κ2) is 7.47. The largest absolute Gasteiger partial charge is 0.472 e. The van der Waals surface area contributed by atoms with E-state index in [-0.39, 0.29) is 25.4 Å². The molecule has 4 heterocycles. The van der Waals surface area contributed by atoms with Crippen molar-refractivity contribution in [3.05, 3.63) is 48.3 Å². The Morgan fingerprint density at radius 1 is 1.04 bits per heavy atom. The molecule has 4 rings (SSSR count). The summed E-state index contributed by atoms with van der Waals surface area (Å²) in [6, 6.07) is 5.64. The fourth-order valence-electron chi connectivity index (χ4n) is 2.58. The average Bonchev–Trinajstić information content (AvgIpc) is 3.34. The van der Waals surface area contributed by atoms with Crippen LogP contribution in [0, 0.1) is 11.3 Å². The molecule has 0 saturated carbocycles. The van der Waals surface area contributed by atoms with Gasteiger partial charge in [0.15, 0.2) is 0 Å². The van der Waals surface area contributed by atoms with Crippen LogP contribution in [0.3, 0.4) is 0 Å². The van der Waals surface area contributed by atoms with Crippen molar-refractivity contribution < 1.29 is 28.5 Å². The number of allylic oxidation sites excluding steroid dienone is 1. The summed E-state index contributed by atoms with van der Waals surface area (Å²) in [6.07, 6.45) is 6.27. The first kappa shape index (κ1) is 16.5. The van der Waals surface area contributed by atoms with Gasteiger partial charge in [0.05, 0.1) is 49.9 Å². The van der Waals surface area contributed by atoms with Crippen LogP contribution in [0.5, 0.6) is 0 Å². The van der Waals surface area contributed by atoms with E-state index in [0.29, 0.717) is 5.57 Å². The van der Waals surface area contributed by atoms with Crippen molar-refractivity contribution >= 4 is 11.6 Å². The third-order valence-electron chi connectivity index (χ3n) is 3.81. The predicted molar refractivity (Wildman–Crippen MR) is 82.4 cm³/mol. The van der Waals surface area contributed by atoms with E-state index in [1.807, 2.05) is 0 Å². The van der Waals surface area contributed by atoms with Gasteiger partial charge in [-0.2, -0.15) is 5.26 Å². The smallest absolute Gasteiger partial charge is 0.114 e. The highest BCUT2D eigenvalue weighted by Crippen LogP contribution is 2.26. The van der Waals surface area contributed by atoms with Crippen LogP contribution in [0.4, 0.5) is 0 Å². The number of fused-ring (bicyclic) bond motifs is 1. The maximum atomic E-state index is 9.16. The van der Waals surface area contributed by atoms with Gasteiger partial charge in [0.25, 0.3) is 0 Å². The van der Waals surface area contributed by atoms with Gasteiger partial charge in [-0.05, 0) is 18.2 Å². The predicted octanol–water partition coefficient (Wildman–Crippen LogP) is 1.44. The topological polar surface area (TPSA) is 109 Å². The molecule has 24 heavy (non-hydrogen) atoms. The van der Waals surface area contributed by atoms with Gasteiger partial charge in [-0.15, -0.1) is 0 Å². The number of nitrogens with zero attached hydrogens (tertiary/aromatic N) is 1. The number of furan rings is 2. The lowest BCUT2D eigenvalue weighted by Gasteiger charge is -2.09. The number of aliphatic hydroxyl groups is 2. The van der Waals surface area contributed by atoms with Crippen LogP contribution >= 0.6 is 0 Å². The molecule has 2 N–H and O–H groups in total. The van der Waals surface area contributed by atoms with Crippen LogP contribution in [0.25, 0.3) is 11.6 Å². The minimum atomic E-state index is -0.554. The molecule has 0 spiro atoms. The van der Waals surface area contributed by atoms with E-state index in [4.69, 9.17) is 33.8 Å². The Kier molecular flexibility index (Phi) is 5.13. The summed E-state index contributed by atoms with van der Waals surface area (Å²) in [6.45, 7) is 0.568. The quantitative estimate of drug-likeness (QED) is 0.801. The summed E-state index contributed by atoms with van der Waals surface area (Å²) in [4.78, 5) is 0. The zero-order valence-electron chi connectivity index (χ0n) is 12.7. The minimum absolute atomic E-state index is 0.284. The highest BCUT2D eigenvalue weighted by atomic mass is 16.6. The summed E-state index contributed by atoms with van der Waals surface area (Å²) in [7, 11) is 0. The highest BCUT2D eigenvalue weighted by Gasteiger charge is 2.46. The van der Waals surface area contributed by atoms with Crippen molar-refractivity contribution in [3.63, 3.8) is 0 Å². The molecule has 2 aliphatic rings. The van der Waals surface area contributed by atoms with Gasteiger partial charge in [0.2, 0.25) is 0 Å². The number of hydrogen-bond acceptors (Lipinski definition) is 7. The molecule has 2 aromatic heterocycles. The summed E-state index contributed by atoms with van der Waals surface area (Å²) in [5.74, 6) is 0. The van der Waals surface area contributed by atoms with Crippen molar-refractivity contribution in [2.24, 2.45) is 0 Å². The number of ether oxygens (including phenoxy) is 2. The first-order valence-electron chi connectivity index (χ1n) is 7.45. The zero-order valence-corrected chi connectivity index (χ0v) is 12.7. The molecule has 0 radical (unpaired) electrons. The van der Waals surface area contributed by atoms with Gasteiger partial charge < -0.3 is 28.5 Å². The maximum absolute atomic E-state index is 9.16. The molecular weight excluding hydrogens is 314 g/mol. The molecule has 2 fully saturated rings. The molecule has 0 unspecified atom stereocenters. The van der Waals surface area contributed by atoms with Crippen molar-refractivity contribution in [1.82, 2.24) is 0 Å².